The summed E-state index contributed by atoms with van der Waals surface area (Å²) in [7, 11) is 3.29. The van der Waals surface area contributed by atoms with Crippen molar-refractivity contribution < 1.29 is 24.4 Å². The molecule has 0 radical (unpaired) electrons. The Morgan fingerprint density at radius 3 is 2.40 bits per heavy atom. The van der Waals surface area contributed by atoms with Crippen molar-refractivity contribution in [1.82, 2.24) is 5.32 Å². The number of rotatable bonds is 14. The summed E-state index contributed by atoms with van der Waals surface area (Å²) in [5.74, 6) is 2.25. The van der Waals surface area contributed by atoms with Crippen molar-refractivity contribution in [3.05, 3.63) is 53.6 Å². The molecule has 1 unspecified atom stereocenters. The summed E-state index contributed by atoms with van der Waals surface area (Å²) in [5, 5.41) is 21.7. The van der Waals surface area contributed by atoms with Crippen molar-refractivity contribution in [1.29, 1.82) is 0 Å². The first-order chi connectivity index (χ1) is 14.6. The largest absolute Gasteiger partial charge is 0.497 e. The van der Waals surface area contributed by atoms with E-state index in [1.165, 1.54) is 5.56 Å². The molecule has 0 bridgehead atoms. The van der Waals surface area contributed by atoms with Crippen LogP contribution in [0.15, 0.2) is 42.5 Å². The van der Waals surface area contributed by atoms with E-state index in [0.29, 0.717) is 18.8 Å². The van der Waals surface area contributed by atoms with E-state index in [1.54, 1.807) is 14.2 Å². The van der Waals surface area contributed by atoms with E-state index in [4.69, 9.17) is 25.1 Å². The van der Waals surface area contributed by atoms with Crippen molar-refractivity contribution >= 4 is 0 Å². The first-order valence-corrected chi connectivity index (χ1v) is 10.2. The molecule has 0 aliphatic rings. The fourth-order valence-corrected chi connectivity index (χ4v) is 3.11. The van der Waals surface area contributed by atoms with E-state index in [-0.39, 0.29) is 19.3 Å². The fraction of sp³-hybridized carbons (Fsp3) is 0.478. The minimum atomic E-state index is -0.858. The highest BCUT2D eigenvalue weighted by molar-refractivity contribution is 5.40. The summed E-state index contributed by atoms with van der Waals surface area (Å²) in [6.45, 7) is 1.03. The number of aliphatic hydroxyl groups excluding tert-OH is 2. The number of nitrogens with two attached hydrogens (primary N) is 1. The Hall–Kier alpha value is -2.32. The van der Waals surface area contributed by atoms with E-state index in [0.717, 1.165) is 36.3 Å². The molecule has 2 atom stereocenters. The van der Waals surface area contributed by atoms with Gasteiger partial charge < -0.3 is 35.5 Å². The number of ether oxygens (including phenoxy) is 3. The van der Waals surface area contributed by atoms with Crippen LogP contribution in [-0.4, -0.2) is 56.3 Å². The molecule has 0 amide bonds. The molecule has 0 saturated carbocycles. The smallest absolute Gasteiger partial charge is 0.127 e. The standard InChI is InChI=1S/C23H34N2O5/c1-28-22-11-8-18(23(12-22)29-2)14-25-19(13-24)5-3-4-17-6-9-21(10-7-17)30-16-20(27)15-26/h6-12,19-20,25-27H,3-5,13-16,24H2,1-2H3/t19?,20-/m0/s1. The van der Waals surface area contributed by atoms with Gasteiger partial charge in [0.25, 0.3) is 0 Å². The number of benzene rings is 2. The van der Waals surface area contributed by atoms with Crippen molar-refractivity contribution in [3.63, 3.8) is 0 Å². The van der Waals surface area contributed by atoms with Crippen LogP contribution in [0.4, 0.5) is 0 Å². The lowest BCUT2D eigenvalue weighted by Crippen LogP contribution is -2.35. The highest BCUT2D eigenvalue weighted by atomic mass is 16.5. The van der Waals surface area contributed by atoms with Crippen LogP contribution in [0.2, 0.25) is 0 Å². The summed E-state index contributed by atoms with van der Waals surface area (Å²) in [4.78, 5) is 0. The van der Waals surface area contributed by atoms with Crippen LogP contribution in [0.3, 0.4) is 0 Å². The summed E-state index contributed by atoms with van der Waals surface area (Å²) < 4.78 is 16.1. The molecule has 166 valence electrons. The van der Waals surface area contributed by atoms with Crippen LogP contribution in [0.1, 0.15) is 24.0 Å². The van der Waals surface area contributed by atoms with E-state index in [1.807, 2.05) is 42.5 Å². The first kappa shape index (κ1) is 24.0. The average Bonchev–Trinajstić information content (AvgIpc) is 2.80. The molecule has 0 fully saturated rings. The van der Waals surface area contributed by atoms with Gasteiger partial charge in [0.15, 0.2) is 0 Å². The van der Waals surface area contributed by atoms with Gasteiger partial charge in [-0.1, -0.05) is 18.2 Å². The third-order valence-corrected chi connectivity index (χ3v) is 4.95. The van der Waals surface area contributed by atoms with Gasteiger partial charge in [-0.3, -0.25) is 0 Å². The maximum Gasteiger partial charge on any atom is 0.127 e. The van der Waals surface area contributed by atoms with Crippen LogP contribution in [-0.2, 0) is 13.0 Å². The van der Waals surface area contributed by atoms with Gasteiger partial charge in [0.2, 0.25) is 0 Å². The normalized spacial score (nSPS) is 13.0. The van der Waals surface area contributed by atoms with Gasteiger partial charge >= 0.3 is 0 Å². The lowest BCUT2D eigenvalue weighted by atomic mass is 10.0. The monoisotopic (exact) mass is 418 g/mol. The zero-order valence-electron chi connectivity index (χ0n) is 17.8. The maximum absolute atomic E-state index is 9.33. The minimum Gasteiger partial charge on any atom is -0.497 e. The Morgan fingerprint density at radius 1 is 1.03 bits per heavy atom. The molecule has 0 aromatic heterocycles. The van der Waals surface area contributed by atoms with Crippen molar-refractivity contribution in [2.75, 3.05) is 34.0 Å². The molecule has 2 aromatic rings. The number of nitrogens with one attached hydrogen (secondary N) is 1. The van der Waals surface area contributed by atoms with Gasteiger partial charge in [0.1, 0.15) is 30.0 Å². The summed E-state index contributed by atoms with van der Waals surface area (Å²) >= 11 is 0. The van der Waals surface area contributed by atoms with Gasteiger partial charge in [0, 0.05) is 30.8 Å². The van der Waals surface area contributed by atoms with Crippen molar-refractivity contribution in [2.24, 2.45) is 5.73 Å². The molecule has 0 aliphatic carbocycles. The number of aryl methyl sites for hydroxylation is 1. The number of aliphatic hydroxyl groups is 2. The van der Waals surface area contributed by atoms with Gasteiger partial charge in [-0.2, -0.15) is 0 Å². The molecule has 30 heavy (non-hydrogen) atoms. The van der Waals surface area contributed by atoms with E-state index >= 15 is 0 Å². The predicted octanol–water partition coefficient (Wildman–Crippen LogP) is 1.88. The number of hydrogen-bond donors (Lipinski definition) is 4. The topological polar surface area (TPSA) is 106 Å². The lowest BCUT2D eigenvalue weighted by Gasteiger charge is -2.18. The average molecular weight is 419 g/mol. The molecule has 0 spiro atoms. The Bertz CT molecular complexity index is 739. The Kier molecular flexibility index (Phi) is 10.4. The SMILES string of the molecule is COc1ccc(CNC(CN)CCCc2ccc(OC[C@@H](O)CO)cc2)c(OC)c1. The van der Waals surface area contributed by atoms with Crippen LogP contribution in [0, 0.1) is 0 Å². The number of methoxy groups -OCH3 is 2. The summed E-state index contributed by atoms with van der Waals surface area (Å²) in [6.07, 6.45) is 2.07. The van der Waals surface area contributed by atoms with Gasteiger partial charge in [-0.15, -0.1) is 0 Å². The summed E-state index contributed by atoms with van der Waals surface area (Å²) in [5.41, 5.74) is 8.24. The Balaban J connectivity index is 1.76. The minimum absolute atomic E-state index is 0.0820. The molecule has 5 N–H and O–H groups in total. The Morgan fingerprint density at radius 2 is 1.77 bits per heavy atom. The second-order valence-electron chi connectivity index (χ2n) is 7.17. The second kappa shape index (κ2) is 13.1. The van der Waals surface area contributed by atoms with Crippen molar-refractivity contribution in [3.8, 4) is 17.2 Å². The molecular formula is C23H34N2O5. The molecule has 7 nitrogen and oxygen atoms in total. The quantitative estimate of drug-likeness (QED) is 0.371. The zero-order chi connectivity index (χ0) is 21.8. The van der Waals surface area contributed by atoms with Gasteiger partial charge in [-0.25, -0.2) is 0 Å². The molecule has 0 heterocycles. The highest BCUT2D eigenvalue weighted by Crippen LogP contribution is 2.24. The van der Waals surface area contributed by atoms with Crippen LogP contribution < -0.4 is 25.3 Å². The van der Waals surface area contributed by atoms with Crippen LogP contribution in [0.5, 0.6) is 17.2 Å². The number of hydrogen-bond acceptors (Lipinski definition) is 7. The fourth-order valence-electron chi connectivity index (χ4n) is 3.11. The van der Waals surface area contributed by atoms with Gasteiger partial charge in [-0.05, 0) is 43.0 Å². The van der Waals surface area contributed by atoms with Crippen LogP contribution in [0.25, 0.3) is 0 Å². The van der Waals surface area contributed by atoms with Crippen LogP contribution >= 0.6 is 0 Å². The second-order valence-corrected chi connectivity index (χ2v) is 7.17. The van der Waals surface area contributed by atoms with Crippen molar-refractivity contribution in [2.45, 2.75) is 38.0 Å². The van der Waals surface area contributed by atoms with E-state index in [9.17, 15) is 5.11 Å². The molecule has 0 aliphatic heterocycles. The lowest BCUT2D eigenvalue weighted by molar-refractivity contribution is 0.0536. The first-order valence-electron chi connectivity index (χ1n) is 10.2. The summed E-state index contributed by atoms with van der Waals surface area (Å²) in [6, 6.07) is 13.8. The van der Waals surface area contributed by atoms with E-state index < -0.39 is 6.10 Å². The third-order valence-electron chi connectivity index (χ3n) is 4.95. The zero-order valence-corrected chi connectivity index (χ0v) is 17.8. The molecular weight excluding hydrogens is 384 g/mol. The molecule has 2 rings (SSSR count). The molecule has 0 saturated heterocycles. The van der Waals surface area contributed by atoms with E-state index in [2.05, 4.69) is 5.32 Å². The molecule has 2 aromatic carbocycles. The Labute approximate surface area is 178 Å². The van der Waals surface area contributed by atoms with Gasteiger partial charge in [0.05, 0.1) is 20.8 Å². The predicted molar refractivity (Wildman–Crippen MR) is 117 cm³/mol. The maximum atomic E-state index is 9.33. The molecule has 7 heteroatoms. The third kappa shape index (κ3) is 7.84. The highest BCUT2D eigenvalue weighted by Gasteiger charge is 2.10.